The molecular weight excluding hydrogens is 415 g/mol. The Morgan fingerprint density at radius 1 is 1.21 bits per heavy atom. The molecule has 0 radical (unpaired) electrons. The Morgan fingerprint density at radius 3 is 2.66 bits per heavy atom. The van der Waals surface area contributed by atoms with Gasteiger partial charge in [0.1, 0.15) is 5.82 Å². The second-order valence-electron chi connectivity index (χ2n) is 5.75. The lowest BCUT2D eigenvalue weighted by molar-refractivity contribution is -0.137. The maximum absolute atomic E-state index is 12.9. The lowest BCUT2D eigenvalue weighted by Gasteiger charge is -2.12. The molecule has 0 unspecified atom stereocenters. The number of nitrogens with zero attached hydrogens (tertiary/aromatic N) is 2. The van der Waals surface area contributed by atoms with E-state index in [1.807, 2.05) is 0 Å². The van der Waals surface area contributed by atoms with Gasteiger partial charge in [-0.2, -0.15) is 18.2 Å². The summed E-state index contributed by atoms with van der Waals surface area (Å²) < 4.78 is 43.8. The minimum Gasteiger partial charge on any atom is -0.394 e. The number of aryl methyl sites for hydroxylation is 1. The number of halogens is 4. The Morgan fingerprint density at radius 2 is 1.97 bits per heavy atom. The summed E-state index contributed by atoms with van der Waals surface area (Å²) in [6.07, 6.45) is -4.65. The highest BCUT2D eigenvalue weighted by Crippen LogP contribution is 2.36. The zero-order valence-corrected chi connectivity index (χ0v) is 16.1. The first-order chi connectivity index (χ1) is 13.7. The van der Waals surface area contributed by atoms with Gasteiger partial charge in [-0.1, -0.05) is 11.6 Å². The van der Waals surface area contributed by atoms with E-state index < -0.39 is 22.8 Å². The minimum absolute atomic E-state index is 0.0358. The maximum Gasteiger partial charge on any atom is 0.417 e. The fraction of sp³-hybridized carbons (Fsp3) is 0.353. The summed E-state index contributed by atoms with van der Waals surface area (Å²) in [7, 11) is 0. The highest BCUT2D eigenvalue weighted by Gasteiger charge is 2.33. The van der Waals surface area contributed by atoms with Gasteiger partial charge in [0.15, 0.2) is 0 Å². The third kappa shape index (κ3) is 7.37. The fourth-order valence-electron chi connectivity index (χ4n) is 2.22. The molecular formula is C17H19ClF3N5O3. The molecule has 0 saturated heterocycles. The number of rotatable bonds is 8. The van der Waals surface area contributed by atoms with Crippen molar-refractivity contribution in [3.8, 4) is 0 Å². The van der Waals surface area contributed by atoms with E-state index in [2.05, 4.69) is 25.9 Å². The number of aliphatic hydroxyl groups excluding tert-OH is 1. The van der Waals surface area contributed by atoms with Crippen molar-refractivity contribution in [1.82, 2.24) is 9.97 Å². The number of carbonyl (C=O) groups excluding carboxylic acids is 1. The Labute approximate surface area is 169 Å². The number of hydrogen-bond acceptors (Lipinski definition) is 6. The van der Waals surface area contributed by atoms with Crippen LogP contribution in [0.2, 0.25) is 5.02 Å². The zero-order chi connectivity index (χ0) is 21.4. The first-order valence-corrected chi connectivity index (χ1v) is 8.79. The Hall–Kier alpha value is -2.63. The molecule has 0 saturated carbocycles. The molecule has 0 atom stereocenters. The van der Waals surface area contributed by atoms with Gasteiger partial charge in [0, 0.05) is 24.0 Å². The first-order valence-electron chi connectivity index (χ1n) is 8.42. The van der Waals surface area contributed by atoms with Crippen LogP contribution in [0.3, 0.4) is 0 Å². The number of nitrogens with one attached hydrogen (secondary N) is 3. The minimum atomic E-state index is -4.65. The van der Waals surface area contributed by atoms with Crippen molar-refractivity contribution in [3.63, 3.8) is 0 Å². The van der Waals surface area contributed by atoms with Gasteiger partial charge < -0.3 is 20.5 Å². The van der Waals surface area contributed by atoms with Crippen LogP contribution in [0.4, 0.5) is 35.4 Å². The predicted octanol–water partition coefficient (Wildman–Crippen LogP) is 3.52. The number of hydrogen-bond donors (Lipinski definition) is 4. The number of urea groups is 1. The molecule has 2 amide bonds. The van der Waals surface area contributed by atoms with Gasteiger partial charge in [0.25, 0.3) is 0 Å². The second kappa shape index (κ2) is 10.2. The summed E-state index contributed by atoms with van der Waals surface area (Å²) in [6.45, 7) is 2.58. The van der Waals surface area contributed by atoms with Crippen LogP contribution in [-0.2, 0) is 10.9 Å². The van der Waals surface area contributed by atoms with E-state index in [0.717, 1.165) is 12.1 Å². The summed E-state index contributed by atoms with van der Waals surface area (Å²) >= 11 is 5.56. The Bertz CT molecular complexity index is 852. The van der Waals surface area contributed by atoms with Crippen molar-refractivity contribution in [3.05, 3.63) is 40.5 Å². The summed E-state index contributed by atoms with van der Waals surface area (Å²) in [5.74, 6) is 0.387. The van der Waals surface area contributed by atoms with Crippen molar-refractivity contribution in [1.29, 1.82) is 0 Å². The Kier molecular flexibility index (Phi) is 8.00. The van der Waals surface area contributed by atoms with E-state index in [0.29, 0.717) is 24.7 Å². The van der Waals surface area contributed by atoms with Crippen molar-refractivity contribution in [2.75, 3.05) is 42.3 Å². The molecule has 0 aliphatic carbocycles. The number of anilines is 3. The van der Waals surface area contributed by atoms with Crippen LogP contribution >= 0.6 is 11.6 Å². The average Bonchev–Trinajstić information content (AvgIpc) is 2.61. The van der Waals surface area contributed by atoms with E-state index in [-0.39, 0.29) is 24.8 Å². The van der Waals surface area contributed by atoms with Gasteiger partial charge in [-0.05, 0) is 25.1 Å². The second-order valence-corrected chi connectivity index (χ2v) is 6.16. The van der Waals surface area contributed by atoms with E-state index in [1.54, 1.807) is 13.0 Å². The molecule has 1 aromatic heterocycles. The molecule has 1 heterocycles. The summed E-state index contributed by atoms with van der Waals surface area (Å²) in [5, 5.41) is 15.8. The monoisotopic (exact) mass is 433 g/mol. The Balaban J connectivity index is 2.00. The van der Waals surface area contributed by atoms with Crippen LogP contribution in [0.1, 0.15) is 11.3 Å². The number of amides is 2. The van der Waals surface area contributed by atoms with Crippen molar-refractivity contribution in [2.45, 2.75) is 13.1 Å². The van der Waals surface area contributed by atoms with Crippen LogP contribution in [0.15, 0.2) is 24.3 Å². The smallest absolute Gasteiger partial charge is 0.394 e. The van der Waals surface area contributed by atoms with Gasteiger partial charge >= 0.3 is 12.2 Å². The maximum atomic E-state index is 12.9. The molecule has 0 spiro atoms. The van der Waals surface area contributed by atoms with Crippen molar-refractivity contribution < 1.29 is 27.8 Å². The van der Waals surface area contributed by atoms with Crippen molar-refractivity contribution in [2.24, 2.45) is 0 Å². The first kappa shape index (κ1) is 22.7. The molecule has 0 aliphatic rings. The van der Waals surface area contributed by atoms with Crippen molar-refractivity contribution >= 4 is 35.1 Å². The molecule has 12 heteroatoms. The number of aliphatic hydroxyl groups is 1. The summed E-state index contributed by atoms with van der Waals surface area (Å²) in [6, 6.07) is 3.85. The van der Waals surface area contributed by atoms with Crippen LogP contribution in [0, 0.1) is 6.92 Å². The molecule has 1 aromatic carbocycles. The average molecular weight is 434 g/mol. The number of alkyl halides is 3. The molecule has 8 nitrogen and oxygen atoms in total. The lowest BCUT2D eigenvalue weighted by Crippen LogP contribution is -2.22. The van der Waals surface area contributed by atoms with E-state index in [4.69, 9.17) is 21.4 Å². The predicted molar refractivity (Wildman–Crippen MR) is 102 cm³/mol. The normalized spacial score (nSPS) is 11.2. The van der Waals surface area contributed by atoms with Gasteiger partial charge in [-0.25, -0.2) is 9.78 Å². The zero-order valence-electron chi connectivity index (χ0n) is 15.3. The number of ether oxygens (including phenoxy) is 1. The SMILES string of the molecule is Cc1cc(NCCOCCO)nc(NC(=O)Nc2ccc(Cl)c(C(F)(F)F)c2)n1. The van der Waals surface area contributed by atoms with Crippen LogP contribution in [-0.4, -0.2) is 47.5 Å². The third-order valence-corrected chi connectivity index (χ3v) is 3.73. The molecule has 0 aliphatic heterocycles. The van der Waals surface area contributed by atoms with E-state index in [9.17, 15) is 18.0 Å². The molecule has 158 valence electrons. The van der Waals surface area contributed by atoms with Crippen LogP contribution < -0.4 is 16.0 Å². The van der Waals surface area contributed by atoms with Gasteiger partial charge in [0.2, 0.25) is 5.95 Å². The molecule has 4 N–H and O–H groups in total. The highest BCUT2D eigenvalue weighted by molar-refractivity contribution is 6.31. The molecule has 0 fully saturated rings. The van der Waals surface area contributed by atoms with Gasteiger partial charge in [0.05, 0.1) is 30.4 Å². The van der Waals surface area contributed by atoms with Gasteiger partial charge in [-0.15, -0.1) is 0 Å². The molecule has 29 heavy (non-hydrogen) atoms. The standard InChI is InChI=1S/C17H19ClF3N5O3/c1-10-8-14(22-4-6-29-7-5-27)25-15(23-10)26-16(28)24-11-2-3-13(18)12(9-11)17(19,20)21/h2-3,8-9,27H,4-7H2,1H3,(H3,22,23,24,25,26,28). The topological polar surface area (TPSA) is 108 Å². The number of aromatic nitrogens is 2. The van der Waals surface area contributed by atoms with Crippen LogP contribution in [0.5, 0.6) is 0 Å². The van der Waals surface area contributed by atoms with Gasteiger partial charge in [-0.3, -0.25) is 5.32 Å². The third-order valence-electron chi connectivity index (χ3n) is 3.40. The fourth-order valence-corrected chi connectivity index (χ4v) is 2.44. The number of benzene rings is 1. The molecule has 2 aromatic rings. The largest absolute Gasteiger partial charge is 0.417 e. The quantitative estimate of drug-likeness (QED) is 0.474. The number of carbonyl (C=O) groups is 1. The lowest BCUT2D eigenvalue weighted by atomic mass is 10.2. The van der Waals surface area contributed by atoms with E-state index >= 15 is 0 Å². The highest BCUT2D eigenvalue weighted by atomic mass is 35.5. The molecule has 0 bridgehead atoms. The summed E-state index contributed by atoms with van der Waals surface area (Å²) in [5.41, 5.74) is -0.593. The molecule has 2 rings (SSSR count). The van der Waals surface area contributed by atoms with E-state index in [1.165, 1.54) is 6.07 Å². The van der Waals surface area contributed by atoms with Crippen LogP contribution in [0.25, 0.3) is 0 Å². The summed E-state index contributed by atoms with van der Waals surface area (Å²) in [4.78, 5) is 20.3.